The molecule has 2 amide bonds. The van der Waals surface area contributed by atoms with Gasteiger partial charge in [-0.05, 0) is 6.92 Å². The summed E-state index contributed by atoms with van der Waals surface area (Å²) in [4.78, 5) is 22.1. The van der Waals surface area contributed by atoms with Crippen LogP contribution in [0, 0.1) is 12.3 Å². The summed E-state index contributed by atoms with van der Waals surface area (Å²) in [6, 6.07) is -2.59. The van der Waals surface area contributed by atoms with Crippen molar-refractivity contribution >= 4 is 21.8 Å². The molecule has 0 spiro atoms. The second-order valence-corrected chi connectivity index (χ2v) is 6.10. The minimum Gasteiger partial charge on any atom is -0.480 e. The summed E-state index contributed by atoms with van der Waals surface area (Å²) < 4.78 is 21.9. The molecule has 0 rings (SSSR count). The number of nitrogens with one attached hydrogen (secondary N) is 2. The minimum atomic E-state index is -3.22. The molecule has 0 aliphatic carbocycles. The Hall–Kier alpha value is -1.75. The summed E-state index contributed by atoms with van der Waals surface area (Å²) >= 11 is 0. The van der Waals surface area contributed by atoms with Gasteiger partial charge in [0, 0.05) is 18.7 Å². The van der Waals surface area contributed by atoms with Gasteiger partial charge in [0.2, 0.25) is 0 Å². The van der Waals surface area contributed by atoms with E-state index in [1.807, 2.05) is 0 Å². The van der Waals surface area contributed by atoms with Crippen LogP contribution in [0.2, 0.25) is 0 Å². The summed E-state index contributed by atoms with van der Waals surface area (Å²) in [7, 11) is -3.22. The number of sulfone groups is 1. The first-order valence-electron chi connectivity index (χ1n) is 5.06. The van der Waals surface area contributed by atoms with Crippen molar-refractivity contribution in [2.75, 3.05) is 12.0 Å². The lowest BCUT2D eigenvalue weighted by molar-refractivity contribution is -0.139. The number of urea groups is 1. The molecule has 0 aromatic carbocycles. The smallest absolute Gasteiger partial charge is 0.327 e. The van der Waals surface area contributed by atoms with Crippen LogP contribution in [0.3, 0.4) is 0 Å². The van der Waals surface area contributed by atoms with Gasteiger partial charge in [0.05, 0.1) is 5.75 Å². The van der Waals surface area contributed by atoms with Crippen molar-refractivity contribution in [1.82, 2.24) is 10.6 Å². The lowest BCUT2D eigenvalue weighted by Gasteiger charge is -2.16. The molecule has 0 aliphatic rings. The van der Waals surface area contributed by atoms with Crippen LogP contribution in [-0.2, 0) is 14.6 Å². The van der Waals surface area contributed by atoms with Crippen LogP contribution in [0.5, 0.6) is 0 Å². The highest BCUT2D eigenvalue weighted by molar-refractivity contribution is 7.90. The molecule has 0 radical (unpaired) electrons. The van der Waals surface area contributed by atoms with Crippen molar-refractivity contribution in [1.29, 1.82) is 0 Å². The molecule has 0 fully saturated rings. The molecule has 0 saturated heterocycles. The van der Waals surface area contributed by atoms with E-state index in [1.54, 1.807) is 0 Å². The average molecular weight is 276 g/mol. The maximum absolute atomic E-state index is 11.4. The highest BCUT2D eigenvalue weighted by Gasteiger charge is 2.20. The Kier molecular flexibility index (Phi) is 6.19. The second-order valence-electron chi connectivity index (χ2n) is 3.91. The molecule has 2 unspecified atom stereocenters. The molecule has 0 bridgehead atoms. The molecule has 3 N–H and O–H groups in total. The minimum absolute atomic E-state index is 0.150. The van der Waals surface area contributed by atoms with Gasteiger partial charge in [0.25, 0.3) is 0 Å². The van der Waals surface area contributed by atoms with Crippen LogP contribution in [0.15, 0.2) is 0 Å². The maximum atomic E-state index is 11.4. The zero-order chi connectivity index (χ0) is 14.3. The third-order valence-corrected chi connectivity index (χ3v) is 2.96. The molecule has 0 saturated carbocycles. The van der Waals surface area contributed by atoms with Crippen molar-refractivity contribution in [3.8, 4) is 12.3 Å². The molecule has 7 nitrogen and oxygen atoms in total. The van der Waals surface area contributed by atoms with E-state index in [4.69, 9.17) is 11.5 Å². The second kappa shape index (κ2) is 6.86. The van der Waals surface area contributed by atoms with Gasteiger partial charge in [-0.3, -0.25) is 0 Å². The quantitative estimate of drug-likeness (QED) is 0.549. The molecule has 102 valence electrons. The molecule has 0 aromatic rings. The zero-order valence-electron chi connectivity index (χ0n) is 10.1. The van der Waals surface area contributed by atoms with Gasteiger partial charge in [-0.1, -0.05) is 0 Å². The topological polar surface area (TPSA) is 113 Å². The van der Waals surface area contributed by atoms with E-state index in [0.29, 0.717) is 0 Å². The van der Waals surface area contributed by atoms with E-state index in [-0.39, 0.29) is 12.2 Å². The lowest BCUT2D eigenvalue weighted by atomic mass is 10.2. The Balaban J connectivity index is 4.33. The zero-order valence-corrected chi connectivity index (χ0v) is 11.0. The Morgan fingerprint density at radius 1 is 1.39 bits per heavy atom. The first-order chi connectivity index (χ1) is 8.15. The normalized spacial score (nSPS) is 14.1. The highest BCUT2D eigenvalue weighted by Crippen LogP contribution is 1.93. The fourth-order valence-electron chi connectivity index (χ4n) is 1.24. The predicted octanol–water partition coefficient (Wildman–Crippen LogP) is -0.805. The summed E-state index contributed by atoms with van der Waals surface area (Å²) in [6.07, 6.45) is 5.86. The number of terminal acetylenes is 1. The van der Waals surface area contributed by atoms with E-state index in [1.165, 1.54) is 6.92 Å². The SMILES string of the molecule is C#CCC(NC(=O)NC(C)CS(C)(=O)=O)C(=O)O. The van der Waals surface area contributed by atoms with Crippen molar-refractivity contribution in [3.05, 3.63) is 0 Å². The fourth-order valence-corrected chi connectivity index (χ4v) is 2.23. The summed E-state index contributed by atoms with van der Waals surface area (Å²) in [5.74, 6) is 0.647. The van der Waals surface area contributed by atoms with Crippen LogP contribution in [0.25, 0.3) is 0 Å². The van der Waals surface area contributed by atoms with Crippen LogP contribution < -0.4 is 10.6 Å². The summed E-state index contributed by atoms with van der Waals surface area (Å²) in [6.45, 7) is 1.50. The molecule has 0 aromatic heterocycles. The van der Waals surface area contributed by atoms with Gasteiger partial charge in [0.1, 0.15) is 15.9 Å². The molecule has 18 heavy (non-hydrogen) atoms. The van der Waals surface area contributed by atoms with Crippen molar-refractivity contribution < 1.29 is 23.1 Å². The third kappa shape index (κ3) is 7.51. The number of carboxylic acids is 1. The predicted molar refractivity (Wildman–Crippen MR) is 65.7 cm³/mol. The van der Waals surface area contributed by atoms with Gasteiger partial charge in [0.15, 0.2) is 0 Å². The van der Waals surface area contributed by atoms with Crippen LogP contribution >= 0.6 is 0 Å². The molecular weight excluding hydrogens is 260 g/mol. The fraction of sp³-hybridized carbons (Fsp3) is 0.600. The summed E-state index contributed by atoms with van der Waals surface area (Å²) in [5.41, 5.74) is 0. The number of carbonyl (C=O) groups excluding carboxylic acids is 1. The van der Waals surface area contributed by atoms with Crippen LogP contribution in [0.1, 0.15) is 13.3 Å². The van der Waals surface area contributed by atoms with Gasteiger partial charge < -0.3 is 15.7 Å². The van der Waals surface area contributed by atoms with E-state index in [0.717, 1.165) is 6.26 Å². The number of carbonyl (C=O) groups is 2. The monoisotopic (exact) mass is 276 g/mol. The van der Waals surface area contributed by atoms with Gasteiger partial charge in [-0.15, -0.1) is 12.3 Å². The summed E-state index contributed by atoms with van der Waals surface area (Å²) in [5, 5.41) is 13.2. The maximum Gasteiger partial charge on any atom is 0.327 e. The highest BCUT2D eigenvalue weighted by atomic mass is 32.2. The van der Waals surface area contributed by atoms with Crippen molar-refractivity contribution in [3.63, 3.8) is 0 Å². The number of hydrogen-bond acceptors (Lipinski definition) is 4. The molecule has 0 aliphatic heterocycles. The van der Waals surface area contributed by atoms with Gasteiger partial charge in [-0.25, -0.2) is 18.0 Å². The lowest BCUT2D eigenvalue weighted by Crippen LogP contribution is -2.49. The molecule has 8 heteroatoms. The molecule has 2 atom stereocenters. The average Bonchev–Trinajstić information content (AvgIpc) is 2.13. The van der Waals surface area contributed by atoms with Gasteiger partial charge in [-0.2, -0.15) is 0 Å². The number of amides is 2. The Morgan fingerprint density at radius 3 is 2.33 bits per heavy atom. The largest absolute Gasteiger partial charge is 0.480 e. The first kappa shape index (κ1) is 16.2. The number of carboxylic acid groups (broad SMARTS) is 1. The molecular formula is C10H16N2O5S. The van der Waals surface area contributed by atoms with Crippen LogP contribution in [-0.4, -0.2) is 49.6 Å². The van der Waals surface area contributed by atoms with Crippen molar-refractivity contribution in [2.24, 2.45) is 0 Å². The molecule has 0 heterocycles. The Bertz CT molecular complexity index is 451. The van der Waals surface area contributed by atoms with E-state index >= 15 is 0 Å². The third-order valence-electron chi connectivity index (χ3n) is 1.86. The first-order valence-corrected chi connectivity index (χ1v) is 7.12. The van der Waals surface area contributed by atoms with Gasteiger partial charge >= 0.3 is 12.0 Å². The number of aliphatic carboxylic acids is 1. The van der Waals surface area contributed by atoms with E-state index in [9.17, 15) is 18.0 Å². The number of rotatable bonds is 6. The van der Waals surface area contributed by atoms with Crippen molar-refractivity contribution in [2.45, 2.75) is 25.4 Å². The Morgan fingerprint density at radius 2 is 1.94 bits per heavy atom. The van der Waals surface area contributed by atoms with E-state index < -0.39 is 33.9 Å². The van der Waals surface area contributed by atoms with E-state index in [2.05, 4.69) is 16.6 Å². The standard InChI is InChI=1S/C10H16N2O5S/c1-4-5-8(9(13)14)12-10(15)11-7(2)6-18(3,16)17/h1,7-8H,5-6H2,2-3H3,(H,13,14)(H2,11,12,15). The Labute approximate surface area is 106 Å². The number of hydrogen-bond donors (Lipinski definition) is 3. The van der Waals surface area contributed by atoms with Crippen LogP contribution in [0.4, 0.5) is 4.79 Å².